The molecular formula is C24H21Br2N3O2S. The third-order valence-corrected chi connectivity index (χ3v) is 7.06. The Bertz CT molecular complexity index is 1280. The Morgan fingerprint density at radius 2 is 1.84 bits per heavy atom. The van der Waals surface area contributed by atoms with E-state index in [9.17, 15) is 4.79 Å². The molecule has 0 aliphatic carbocycles. The number of aromatic nitrogens is 2. The Kier molecular flexibility index (Phi) is 6.38. The number of alkyl halides is 2. The molecule has 0 fully saturated rings. The van der Waals surface area contributed by atoms with Crippen molar-refractivity contribution < 1.29 is 9.53 Å². The minimum atomic E-state index is -0.906. The van der Waals surface area contributed by atoms with Gasteiger partial charge in [0.2, 0.25) is 5.88 Å². The van der Waals surface area contributed by atoms with E-state index in [1.54, 1.807) is 6.20 Å². The van der Waals surface area contributed by atoms with Crippen molar-refractivity contribution in [2.45, 2.75) is 29.4 Å². The monoisotopic (exact) mass is 573 g/mol. The van der Waals surface area contributed by atoms with E-state index in [4.69, 9.17) is 4.74 Å². The predicted molar refractivity (Wildman–Crippen MR) is 138 cm³/mol. The van der Waals surface area contributed by atoms with Crippen LogP contribution in [0.15, 0.2) is 60.8 Å². The van der Waals surface area contributed by atoms with Crippen LogP contribution < -0.4 is 10.1 Å². The number of aldehydes is 1. The van der Waals surface area contributed by atoms with Crippen LogP contribution >= 0.6 is 43.2 Å². The van der Waals surface area contributed by atoms with E-state index < -0.39 is 3.23 Å². The molecule has 0 bridgehead atoms. The van der Waals surface area contributed by atoms with Crippen LogP contribution in [0.25, 0.3) is 10.2 Å². The molecule has 0 aliphatic rings. The lowest BCUT2D eigenvalue weighted by Gasteiger charge is -2.22. The first-order valence-corrected chi connectivity index (χ1v) is 12.3. The predicted octanol–water partition coefficient (Wildman–Crippen LogP) is 7.67. The number of pyridine rings is 1. The van der Waals surface area contributed by atoms with Crippen molar-refractivity contribution >= 4 is 70.5 Å². The maximum Gasteiger partial charge on any atom is 0.243 e. The van der Waals surface area contributed by atoms with Gasteiger partial charge in [0.25, 0.3) is 0 Å². The molecule has 0 spiro atoms. The van der Waals surface area contributed by atoms with Crippen molar-refractivity contribution in [1.29, 1.82) is 0 Å². The number of fused-ring (bicyclic) bond motifs is 1. The summed E-state index contributed by atoms with van der Waals surface area (Å²) in [4.78, 5) is 20.5. The number of ether oxygens (including phenoxy) is 1. The van der Waals surface area contributed by atoms with Gasteiger partial charge in [0, 0.05) is 11.8 Å². The Balaban J connectivity index is 1.65. The van der Waals surface area contributed by atoms with Crippen molar-refractivity contribution in [2.75, 3.05) is 5.32 Å². The van der Waals surface area contributed by atoms with Crippen LogP contribution in [0.1, 0.15) is 31.9 Å². The fourth-order valence-corrected chi connectivity index (χ4v) is 4.63. The maximum absolute atomic E-state index is 11.3. The third kappa shape index (κ3) is 4.87. The summed E-state index contributed by atoms with van der Waals surface area (Å²) < 4.78 is 6.30. The number of anilines is 2. The number of nitrogens with one attached hydrogen (secondary N) is 1. The van der Waals surface area contributed by atoms with E-state index in [1.807, 2.05) is 48.5 Å². The minimum Gasteiger partial charge on any atom is -0.437 e. The highest BCUT2D eigenvalue weighted by Gasteiger charge is 2.25. The van der Waals surface area contributed by atoms with E-state index in [0.29, 0.717) is 11.0 Å². The van der Waals surface area contributed by atoms with E-state index in [2.05, 4.69) is 74.0 Å². The van der Waals surface area contributed by atoms with Gasteiger partial charge in [-0.25, -0.2) is 9.97 Å². The standard InChI is InChI=1S/C24H21Br2N3O2S/c1-23(2,3)16-7-4-5-9-19(16)31-21-18(8-6-12-27-21)29-22-28-17-11-10-15(13-20(17)32-22)24(25,26)14-30/h4-14H,1-3H3,(H,28,29). The Morgan fingerprint density at radius 3 is 2.59 bits per heavy atom. The highest BCUT2D eigenvalue weighted by Crippen LogP contribution is 2.40. The zero-order valence-corrected chi connectivity index (χ0v) is 21.7. The Morgan fingerprint density at radius 1 is 1.06 bits per heavy atom. The van der Waals surface area contributed by atoms with Gasteiger partial charge in [-0.1, -0.05) is 88.2 Å². The van der Waals surface area contributed by atoms with E-state index in [1.165, 1.54) is 11.3 Å². The lowest BCUT2D eigenvalue weighted by atomic mass is 9.86. The molecular weight excluding hydrogens is 554 g/mol. The molecule has 1 N–H and O–H groups in total. The van der Waals surface area contributed by atoms with Crippen molar-refractivity contribution in [3.63, 3.8) is 0 Å². The van der Waals surface area contributed by atoms with Gasteiger partial charge in [-0.3, -0.25) is 0 Å². The molecule has 8 heteroatoms. The molecule has 2 aromatic heterocycles. The van der Waals surface area contributed by atoms with Crippen molar-refractivity contribution in [2.24, 2.45) is 0 Å². The van der Waals surface area contributed by atoms with Gasteiger partial charge in [0.05, 0.1) is 10.2 Å². The summed E-state index contributed by atoms with van der Waals surface area (Å²) in [7, 11) is 0. The van der Waals surface area contributed by atoms with Crippen LogP contribution in [-0.4, -0.2) is 16.3 Å². The third-order valence-electron chi connectivity index (χ3n) is 4.84. The van der Waals surface area contributed by atoms with Crippen LogP contribution in [0, 0.1) is 0 Å². The molecule has 2 aromatic carbocycles. The lowest BCUT2D eigenvalue weighted by molar-refractivity contribution is -0.107. The van der Waals surface area contributed by atoms with Crippen molar-refractivity contribution in [3.8, 4) is 11.6 Å². The molecule has 0 atom stereocenters. The van der Waals surface area contributed by atoms with Gasteiger partial charge >= 0.3 is 0 Å². The summed E-state index contributed by atoms with van der Waals surface area (Å²) in [5.41, 5.74) is 3.41. The number of para-hydroxylation sites is 1. The minimum absolute atomic E-state index is 0.0642. The highest BCUT2D eigenvalue weighted by atomic mass is 79.9. The average molecular weight is 575 g/mol. The number of halogens is 2. The number of hydrogen-bond acceptors (Lipinski definition) is 6. The van der Waals surface area contributed by atoms with E-state index >= 15 is 0 Å². The summed E-state index contributed by atoms with van der Waals surface area (Å²) in [5, 5.41) is 4.05. The topological polar surface area (TPSA) is 64.1 Å². The first-order valence-electron chi connectivity index (χ1n) is 9.92. The highest BCUT2D eigenvalue weighted by molar-refractivity contribution is 9.25. The fourth-order valence-electron chi connectivity index (χ4n) is 3.22. The van der Waals surface area contributed by atoms with Gasteiger partial charge in [-0.2, -0.15) is 0 Å². The van der Waals surface area contributed by atoms with Crippen LogP contribution in [0.2, 0.25) is 0 Å². The smallest absolute Gasteiger partial charge is 0.243 e. The molecule has 0 saturated heterocycles. The second-order valence-electron chi connectivity index (χ2n) is 8.27. The zero-order valence-electron chi connectivity index (χ0n) is 17.7. The molecule has 32 heavy (non-hydrogen) atoms. The molecule has 0 saturated carbocycles. The van der Waals surface area contributed by atoms with Gasteiger partial charge < -0.3 is 14.8 Å². The number of hydrogen-bond donors (Lipinski definition) is 1. The first-order chi connectivity index (χ1) is 15.2. The molecule has 4 rings (SSSR count). The normalized spacial score (nSPS) is 12.0. The van der Waals surface area contributed by atoms with Crippen molar-refractivity contribution in [1.82, 2.24) is 9.97 Å². The maximum atomic E-state index is 11.3. The Hall–Kier alpha value is -2.29. The number of carbonyl (C=O) groups is 1. The fraction of sp³-hybridized carbons (Fsp3) is 0.208. The summed E-state index contributed by atoms with van der Waals surface area (Å²) in [6.07, 6.45) is 2.51. The van der Waals surface area contributed by atoms with Gasteiger partial charge in [-0.05, 0) is 41.3 Å². The largest absolute Gasteiger partial charge is 0.437 e. The number of rotatable bonds is 6. The van der Waals surface area contributed by atoms with Crippen LogP contribution in [0.4, 0.5) is 10.8 Å². The molecule has 2 heterocycles. The second-order valence-corrected chi connectivity index (χ2v) is 12.9. The quantitative estimate of drug-likeness (QED) is 0.189. The molecule has 0 aliphatic heterocycles. The molecule has 5 nitrogen and oxygen atoms in total. The van der Waals surface area contributed by atoms with Crippen molar-refractivity contribution in [3.05, 3.63) is 71.9 Å². The van der Waals surface area contributed by atoms with Crippen LogP contribution in [-0.2, 0) is 13.4 Å². The molecule has 0 amide bonds. The van der Waals surface area contributed by atoms with E-state index in [-0.39, 0.29) is 5.41 Å². The van der Waals surface area contributed by atoms with Crippen LogP contribution in [0.5, 0.6) is 11.6 Å². The average Bonchev–Trinajstić information content (AvgIpc) is 3.16. The molecule has 0 unspecified atom stereocenters. The first kappa shape index (κ1) is 22.9. The Labute approximate surface area is 207 Å². The van der Waals surface area contributed by atoms with Gasteiger partial charge in [-0.15, -0.1) is 0 Å². The lowest BCUT2D eigenvalue weighted by Crippen LogP contribution is -2.12. The molecule has 164 valence electrons. The van der Waals surface area contributed by atoms with Crippen LogP contribution in [0.3, 0.4) is 0 Å². The SMILES string of the molecule is CC(C)(C)c1ccccc1Oc1ncccc1Nc1nc2ccc(C(Br)(Br)C=O)cc2s1. The summed E-state index contributed by atoms with van der Waals surface area (Å²) >= 11 is 8.27. The van der Waals surface area contributed by atoms with E-state index in [0.717, 1.165) is 39.1 Å². The zero-order chi connectivity index (χ0) is 22.9. The number of thiazole rings is 1. The van der Waals surface area contributed by atoms with Gasteiger partial charge in [0.15, 0.2) is 14.7 Å². The number of benzene rings is 2. The second kappa shape index (κ2) is 8.92. The summed E-state index contributed by atoms with van der Waals surface area (Å²) in [6.45, 7) is 6.46. The molecule has 0 radical (unpaired) electrons. The summed E-state index contributed by atoms with van der Waals surface area (Å²) in [5.74, 6) is 1.25. The summed E-state index contributed by atoms with van der Waals surface area (Å²) in [6, 6.07) is 17.5. The van der Waals surface area contributed by atoms with Gasteiger partial charge in [0.1, 0.15) is 11.4 Å². The number of carbonyl (C=O) groups excluding carboxylic acids is 1. The number of nitrogens with zero attached hydrogens (tertiary/aromatic N) is 2. The molecule has 4 aromatic rings.